The molecule has 1 aromatic carbocycles. The van der Waals surface area contributed by atoms with E-state index < -0.39 is 14.9 Å². The maximum atomic E-state index is 13.3. The van der Waals surface area contributed by atoms with Gasteiger partial charge in [-0.2, -0.15) is 5.26 Å². The minimum atomic E-state index is -3.58. The zero-order valence-corrected chi connectivity index (χ0v) is 11.8. The van der Waals surface area contributed by atoms with Crippen LogP contribution in [0, 0.1) is 23.1 Å². The molecule has 0 fully saturated rings. The predicted molar refractivity (Wildman–Crippen MR) is 70.0 cm³/mol. The molecule has 1 unspecified atom stereocenters. The van der Waals surface area contributed by atoms with Crippen LogP contribution in [0.25, 0.3) is 0 Å². The molecule has 19 heavy (non-hydrogen) atoms. The molecule has 0 radical (unpaired) electrons. The van der Waals surface area contributed by atoms with Crippen LogP contribution in [0.3, 0.4) is 0 Å². The molecular weight excluding hydrogens is 293 g/mol. The molecule has 1 atom stereocenters. The molecule has 0 N–H and O–H groups in total. The highest BCUT2D eigenvalue weighted by molar-refractivity contribution is 8.13. The zero-order chi connectivity index (χ0) is 14.5. The maximum absolute atomic E-state index is 13.3. The summed E-state index contributed by atoms with van der Waals surface area (Å²) in [6, 6.07) is 5.57. The van der Waals surface area contributed by atoms with Crippen LogP contribution in [0.4, 0.5) is 4.39 Å². The Kier molecular flexibility index (Phi) is 5.58. The molecule has 0 saturated carbocycles. The molecule has 0 aliphatic carbocycles. The van der Waals surface area contributed by atoms with Crippen molar-refractivity contribution < 1.29 is 17.5 Å². The topological polar surface area (TPSA) is 67.2 Å². The molecule has 7 heteroatoms. The Balaban J connectivity index is 2.65. The van der Waals surface area contributed by atoms with E-state index in [1.807, 2.05) is 6.92 Å². The van der Waals surface area contributed by atoms with Crippen LogP contribution in [0.2, 0.25) is 0 Å². The fourth-order valence-electron chi connectivity index (χ4n) is 1.46. The van der Waals surface area contributed by atoms with Gasteiger partial charge >= 0.3 is 0 Å². The van der Waals surface area contributed by atoms with Gasteiger partial charge in [0.2, 0.25) is 9.05 Å². The van der Waals surface area contributed by atoms with Gasteiger partial charge in [0.05, 0.1) is 17.9 Å². The molecule has 1 aromatic rings. The van der Waals surface area contributed by atoms with Crippen molar-refractivity contribution in [1.29, 1.82) is 5.26 Å². The summed E-state index contributed by atoms with van der Waals surface area (Å²) in [4.78, 5) is 0. The summed E-state index contributed by atoms with van der Waals surface area (Å²) < 4.78 is 40.5. The molecule has 4 nitrogen and oxygen atoms in total. The number of hydrogen-bond acceptors (Lipinski definition) is 4. The van der Waals surface area contributed by atoms with Crippen molar-refractivity contribution in [3.63, 3.8) is 0 Å². The first-order valence-corrected chi connectivity index (χ1v) is 8.08. The van der Waals surface area contributed by atoms with Gasteiger partial charge in [0.15, 0.2) is 0 Å². The van der Waals surface area contributed by atoms with E-state index in [9.17, 15) is 12.8 Å². The van der Waals surface area contributed by atoms with Gasteiger partial charge in [-0.1, -0.05) is 6.92 Å². The fraction of sp³-hybridized carbons (Fsp3) is 0.417. The molecule has 0 heterocycles. The summed E-state index contributed by atoms with van der Waals surface area (Å²) in [5.41, 5.74) is -0.0669. The Morgan fingerprint density at radius 1 is 1.53 bits per heavy atom. The van der Waals surface area contributed by atoms with Crippen LogP contribution in [0.15, 0.2) is 18.2 Å². The van der Waals surface area contributed by atoms with Gasteiger partial charge in [0, 0.05) is 22.7 Å². The third-order valence-electron chi connectivity index (χ3n) is 2.56. The second kappa shape index (κ2) is 6.73. The highest BCUT2D eigenvalue weighted by Gasteiger charge is 2.16. The number of ether oxygens (including phenoxy) is 1. The lowest BCUT2D eigenvalue weighted by Crippen LogP contribution is -2.19. The van der Waals surface area contributed by atoms with Gasteiger partial charge < -0.3 is 4.74 Å². The number of rotatable bonds is 6. The smallest absolute Gasteiger partial charge is 0.232 e. The number of halogens is 2. The molecule has 0 bridgehead atoms. The first-order chi connectivity index (χ1) is 8.85. The van der Waals surface area contributed by atoms with Crippen LogP contribution in [-0.2, 0) is 9.05 Å². The van der Waals surface area contributed by atoms with E-state index in [1.54, 1.807) is 6.07 Å². The monoisotopic (exact) mass is 305 g/mol. The van der Waals surface area contributed by atoms with Gasteiger partial charge in [-0.15, -0.1) is 0 Å². The number of nitrogens with zero attached hydrogens (tertiary/aromatic N) is 1. The summed E-state index contributed by atoms with van der Waals surface area (Å²) in [6.45, 7) is 1.93. The summed E-state index contributed by atoms with van der Waals surface area (Å²) >= 11 is 0. The Labute approximate surface area is 116 Å². The molecule has 0 aliphatic rings. The van der Waals surface area contributed by atoms with Crippen molar-refractivity contribution in [1.82, 2.24) is 0 Å². The lowest BCUT2D eigenvalue weighted by atomic mass is 10.1. The average molecular weight is 306 g/mol. The number of benzene rings is 1. The van der Waals surface area contributed by atoms with E-state index in [2.05, 4.69) is 0 Å². The van der Waals surface area contributed by atoms with Gasteiger partial charge in [-0.25, -0.2) is 12.8 Å². The van der Waals surface area contributed by atoms with Crippen LogP contribution < -0.4 is 4.74 Å². The predicted octanol–water partition coefficient (Wildman–Crippen LogP) is 2.67. The van der Waals surface area contributed by atoms with Crippen LogP contribution in [-0.4, -0.2) is 20.8 Å². The standard InChI is InChI=1S/C12H13ClFNO3S/c1-2-9(8-19(13,16)17)7-18-11-4-3-10(6-15)12(14)5-11/h3-5,9H,2,7-8H2,1H3. The van der Waals surface area contributed by atoms with E-state index in [1.165, 1.54) is 12.1 Å². The van der Waals surface area contributed by atoms with Crippen molar-refractivity contribution in [2.75, 3.05) is 12.4 Å². The van der Waals surface area contributed by atoms with Gasteiger partial charge in [0.25, 0.3) is 0 Å². The van der Waals surface area contributed by atoms with E-state index in [0.717, 1.165) is 6.07 Å². The normalized spacial score (nSPS) is 12.7. The van der Waals surface area contributed by atoms with E-state index >= 15 is 0 Å². The first-order valence-electron chi connectivity index (χ1n) is 5.60. The second-order valence-electron chi connectivity index (χ2n) is 4.04. The van der Waals surface area contributed by atoms with Crippen LogP contribution in [0.5, 0.6) is 5.75 Å². The van der Waals surface area contributed by atoms with Crippen molar-refractivity contribution in [2.24, 2.45) is 5.92 Å². The molecule has 0 aliphatic heterocycles. The highest BCUT2D eigenvalue weighted by atomic mass is 35.7. The highest BCUT2D eigenvalue weighted by Crippen LogP contribution is 2.18. The van der Waals surface area contributed by atoms with Crippen LogP contribution in [0.1, 0.15) is 18.9 Å². The Morgan fingerprint density at radius 2 is 2.21 bits per heavy atom. The Hall–Kier alpha value is -1.32. The van der Waals surface area contributed by atoms with Gasteiger partial charge in [-0.3, -0.25) is 0 Å². The first kappa shape index (κ1) is 15.7. The SMILES string of the molecule is CCC(COc1ccc(C#N)c(F)c1)CS(=O)(=O)Cl. The maximum Gasteiger partial charge on any atom is 0.232 e. The van der Waals surface area contributed by atoms with Gasteiger partial charge in [-0.05, 0) is 18.6 Å². The Morgan fingerprint density at radius 3 is 2.68 bits per heavy atom. The summed E-state index contributed by atoms with van der Waals surface area (Å²) in [5.74, 6) is -0.870. The van der Waals surface area contributed by atoms with Crippen LogP contribution >= 0.6 is 10.7 Å². The van der Waals surface area contributed by atoms with Gasteiger partial charge in [0.1, 0.15) is 17.6 Å². The molecule has 104 valence electrons. The molecule has 0 amide bonds. The van der Waals surface area contributed by atoms with Crippen molar-refractivity contribution in [3.8, 4) is 11.8 Å². The van der Waals surface area contributed by atoms with Crippen molar-refractivity contribution >= 4 is 19.7 Å². The number of hydrogen-bond donors (Lipinski definition) is 0. The lowest BCUT2D eigenvalue weighted by Gasteiger charge is -2.14. The van der Waals surface area contributed by atoms with E-state index in [4.69, 9.17) is 20.7 Å². The molecule has 0 spiro atoms. The minimum Gasteiger partial charge on any atom is -0.493 e. The van der Waals surface area contributed by atoms with Crippen molar-refractivity contribution in [3.05, 3.63) is 29.6 Å². The number of nitriles is 1. The van der Waals surface area contributed by atoms with Crippen molar-refractivity contribution in [2.45, 2.75) is 13.3 Å². The zero-order valence-electron chi connectivity index (χ0n) is 10.3. The molecular formula is C12H13ClFNO3S. The quantitative estimate of drug-likeness (QED) is 0.758. The third kappa shape index (κ3) is 5.45. The minimum absolute atomic E-state index is 0.0669. The Bertz CT molecular complexity index is 583. The summed E-state index contributed by atoms with van der Waals surface area (Å²) in [7, 11) is 1.59. The van der Waals surface area contributed by atoms with E-state index in [0.29, 0.717) is 6.42 Å². The molecule has 1 rings (SSSR count). The summed E-state index contributed by atoms with van der Waals surface area (Å²) in [5, 5.41) is 8.58. The van der Waals surface area contributed by atoms with E-state index in [-0.39, 0.29) is 29.6 Å². The molecule has 0 saturated heterocycles. The fourth-order valence-corrected chi connectivity index (χ4v) is 2.89. The summed E-state index contributed by atoms with van der Waals surface area (Å²) in [6.07, 6.45) is 0.574. The third-order valence-corrected chi connectivity index (χ3v) is 3.81. The second-order valence-corrected chi connectivity index (χ2v) is 6.87. The largest absolute Gasteiger partial charge is 0.493 e. The average Bonchev–Trinajstić information content (AvgIpc) is 2.33. The molecule has 0 aromatic heterocycles. The lowest BCUT2D eigenvalue weighted by molar-refractivity contribution is 0.257.